The van der Waals surface area contributed by atoms with Gasteiger partial charge in [-0.3, -0.25) is 0 Å². The Morgan fingerprint density at radius 1 is 1.35 bits per heavy atom. The van der Waals surface area contributed by atoms with Crippen molar-refractivity contribution < 1.29 is 4.74 Å². The fourth-order valence-corrected chi connectivity index (χ4v) is 2.16. The van der Waals surface area contributed by atoms with Gasteiger partial charge >= 0.3 is 0 Å². The number of nitrogens with two attached hydrogens (primary N) is 1. The Labute approximate surface area is 103 Å². The third-order valence-electron chi connectivity index (χ3n) is 3.84. The van der Waals surface area contributed by atoms with Crippen LogP contribution in [0.3, 0.4) is 0 Å². The molecule has 0 radical (unpaired) electrons. The van der Waals surface area contributed by atoms with E-state index >= 15 is 0 Å². The van der Waals surface area contributed by atoms with Crippen molar-refractivity contribution in [2.24, 2.45) is 5.73 Å². The molecule has 0 saturated carbocycles. The highest BCUT2D eigenvalue weighted by molar-refractivity contribution is 5.22. The summed E-state index contributed by atoms with van der Waals surface area (Å²) in [6.07, 6.45) is 1.36. The quantitative estimate of drug-likeness (QED) is 0.835. The molecule has 1 heterocycles. The lowest BCUT2D eigenvalue weighted by molar-refractivity contribution is 0.0881. The first-order valence-electron chi connectivity index (χ1n) is 6.28. The predicted octanol–water partition coefficient (Wildman–Crippen LogP) is 1.80. The minimum atomic E-state index is 0.104. The summed E-state index contributed by atoms with van der Waals surface area (Å²) in [5.74, 6) is 0. The zero-order valence-corrected chi connectivity index (χ0v) is 10.7. The van der Waals surface area contributed by atoms with Gasteiger partial charge in [-0.05, 0) is 31.4 Å². The van der Waals surface area contributed by atoms with E-state index in [0.717, 1.165) is 19.6 Å². The Kier molecular flexibility index (Phi) is 3.82. The maximum Gasteiger partial charge on any atom is 0.0726 e. The van der Waals surface area contributed by atoms with Crippen LogP contribution in [0.4, 0.5) is 0 Å². The fraction of sp³-hybridized carbons (Fsp3) is 0.571. The van der Waals surface area contributed by atoms with Crippen LogP contribution in [0.1, 0.15) is 31.4 Å². The average molecular weight is 234 g/mol. The molecule has 1 aliphatic heterocycles. The van der Waals surface area contributed by atoms with Gasteiger partial charge in [0.05, 0.1) is 6.10 Å². The lowest BCUT2D eigenvalue weighted by Crippen LogP contribution is -2.47. The van der Waals surface area contributed by atoms with Crippen LogP contribution in [-0.2, 0) is 17.8 Å². The van der Waals surface area contributed by atoms with Gasteiger partial charge in [0.25, 0.3) is 0 Å². The summed E-state index contributed by atoms with van der Waals surface area (Å²) in [7, 11) is 0. The number of rotatable bonds is 4. The smallest absolute Gasteiger partial charge is 0.0726 e. The molecular weight excluding hydrogens is 212 g/mol. The molecule has 2 rings (SSSR count). The average Bonchev–Trinajstić information content (AvgIpc) is 2.68. The highest BCUT2D eigenvalue weighted by Gasteiger charge is 2.36. The van der Waals surface area contributed by atoms with E-state index in [1.807, 2.05) is 0 Å². The van der Waals surface area contributed by atoms with Crippen molar-refractivity contribution >= 4 is 0 Å². The zero-order valence-electron chi connectivity index (χ0n) is 10.7. The number of ether oxygens (including phenoxy) is 1. The summed E-state index contributed by atoms with van der Waals surface area (Å²) in [6, 6.07) is 8.46. The molecule has 0 aliphatic carbocycles. The second kappa shape index (κ2) is 5.17. The lowest BCUT2D eigenvalue weighted by Gasteiger charge is -2.29. The predicted molar refractivity (Wildman–Crippen MR) is 69.6 cm³/mol. The van der Waals surface area contributed by atoms with E-state index < -0.39 is 0 Å². The van der Waals surface area contributed by atoms with Crippen molar-refractivity contribution in [1.29, 1.82) is 0 Å². The van der Waals surface area contributed by atoms with Crippen molar-refractivity contribution in [3.63, 3.8) is 0 Å². The second-order valence-corrected chi connectivity index (χ2v) is 5.05. The van der Waals surface area contributed by atoms with Crippen molar-refractivity contribution in [3.8, 4) is 0 Å². The molecular formula is C14H22N2O. The van der Waals surface area contributed by atoms with Gasteiger partial charge in [0.2, 0.25) is 0 Å². The number of nitrogens with one attached hydrogen (secondary N) is 1. The Balaban J connectivity index is 1.93. The van der Waals surface area contributed by atoms with Gasteiger partial charge in [-0.2, -0.15) is 0 Å². The van der Waals surface area contributed by atoms with Crippen molar-refractivity contribution in [2.45, 2.75) is 45.0 Å². The van der Waals surface area contributed by atoms with E-state index in [-0.39, 0.29) is 11.6 Å². The minimum Gasteiger partial charge on any atom is -0.377 e. The molecule has 0 amide bonds. The first kappa shape index (κ1) is 12.6. The van der Waals surface area contributed by atoms with Gasteiger partial charge < -0.3 is 15.8 Å². The molecule has 0 bridgehead atoms. The third-order valence-corrected chi connectivity index (χ3v) is 3.84. The Bertz CT molecular complexity index is 363. The van der Waals surface area contributed by atoms with Crippen molar-refractivity contribution in [1.82, 2.24) is 5.32 Å². The van der Waals surface area contributed by atoms with Crippen molar-refractivity contribution in [3.05, 3.63) is 35.4 Å². The molecule has 3 heteroatoms. The molecule has 1 aliphatic rings. The van der Waals surface area contributed by atoms with Gasteiger partial charge in [-0.1, -0.05) is 24.3 Å². The van der Waals surface area contributed by atoms with Crippen LogP contribution < -0.4 is 11.1 Å². The van der Waals surface area contributed by atoms with Crippen molar-refractivity contribution in [2.75, 3.05) is 6.61 Å². The van der Waals surface area contributed by atoms with Crippen LogP contribution in [0, 0.1) is 0 Å². The molecule has 2 atom stereocenters. The molecule has 2 unspecified atom stereocenters. The van der Waals surface area contributed by atoms with Crippen LogP contribution in [-0.4, -0.2) is 18.2 Å². The third kappa shape index (κ3) is 2.86. The summed E-state index contributed by atoms with van der Waals surface area (Å²) < 4.78 is 5.61. The highest BCUT2D eigenvalue weighted by Crippen LogP contribution is 2.25. The number of benzene rings is 1. The molecule has 1 aromatic carbocycles. The van der Waals surface area contributed by atoms with Crippen LogP contribution >= 0.6 is 0 Å². The fourth-order valence-electron chi connectivity index (χ4n) is 2.16. The standard InChI is InChI=1S/C14H22N2O/c1-11-14(2,7-8-17-11)16-10-13-5-3-12(9-15)4-6-13/h3-6,11,16H,7-10,15H2,1-2H3. The Morgan fingerprint density at radius 3 is 2.53 bits per heavy atom. The summed E-state index contributed by atoms with van der Waals surface area (Å²) in [6.45, 7) is 6.72. The first-order chi connectivity index (χ1) is 8.14. The normalized spacial score (nSPS) is 28.5. The second-order valence-electron chi connectivity index (χ2n) is 5.05. The largest absolute Gasteiger partial charge is 0.377 e. The van der Waals surface area contributed by atoms with Crippen LogP contribution in [0.25, 0.3) is 0 Å². The maximum atomic E-state index is 5.61. The van der Waals surface area contributed by atoms with Gasteiger partial charge in [0.15, 0.2) is 0 Å². The SMILES string of the molecule is CC1OCCC1(C)NCc1ccc(CN)cc1. The van der Waals surface area contributed by atoms with Gasteiger partial charge in [0, 0.05) is 25.2 Å². The van der Waals surface area contributed by atoms with E-state index in [1.54, 1.807) is 0 Å². The first-order valence-corrected chi connectivity index (χ1v) is 6.28. The monoisotopic (exact) mass is 234 g/mol. The highest BCUT2D eigenvalue weighted by atomic mass is 16.5. The summed E-state index contributed by atoms with van der Waals surface area (Å²) in [5, 5.41) is 3.61. The Morgan fingerprint density at radius 2 is 2.00 bits per heavy atom. The number of hydrogen-bond acceptors (Lipinski definition) is 3. The van der Waals surface area contributed by atoms with Crippen LogP contribution in [0.5, 0.6) is 0 Å². The topological polar surface area (TPSA) is 47.3 Å². The molecule has 3 N–H and O–H groups in total. The molecule has 94 valence electrons. The Hall–Kier alpha value is -0.900. The minimum absolute atomic E-state index is 0.104. The summed E-state index contributed by atoms with van der Waals surface area (Å²) in [4.78, 5) is 0. The maximum absolute atomic E-state index is 5.61. The molecule has 17 heavy (non-hydrogen) atoms. The molecule has 0 aromatic heterocycles. The van der Waals surface area contributed by atoms with Gasteiger partial charge in [-0.25, -0.2) is 0 Å². The van der Waals surface area contributed by atoms with Crippen LogP contribution in [0.2, 0.25) is 0 Å². The van der Waals surface area contributed by atoms with E-state index in [4.69, 9.17) is 10.5 Å². The van der Waals surface area contributed by atoms with E-state index in [9.17, 15) is 0 Å². The molecule has 1 fully saturated rings. The van der Waals surface area contributed by atoms with Crippen LogP contribution in [0.15, 0.2) is 24.3 Å². The molecule has 1 saturated heterocycles. The van der Waals surface area contributed by atoms with E-state index in [0.29, 0.717) is 6.54 Å². The van der Waals surface area contributed by atoms with Gasteiger partial charge in [0.1, 0.15) is 0 Å². The van der Waals surface area contributed by atoms with E-state index in [2.05, 4.69) is 43.4 Å². The molecule has 0 spiro atoms. The molecule has 1 aromatic rings. The lowest BCUT2D eigenvalue weighted by atomic mass is 9.94. The number of hydrogen-bond donors (Lipinski definition) is 2. The summed E-state index contributed by atoms with van der Waals surface area (Å²) >= 11 is 0. The summed E-state index contributed by atoms with van der Waals surface area (Å²) in [5.41, 5.74) is 8.16. The molecule has 3 nitrogen and oxygen atoms in total. The van der Waals surface area contributed by atoms with Gasteiger partial charge in [-0.15, -0.1) is 0 Å². The zero-order chi connectivity index (χ0) is 12.3. The van der Waals surface area contributed by atoms with E-state index in [1.165, 1.54) is 11.1 Å².